The van der Waals surface area contributed by atoms with E-state index in [1.54, 1.807) is 0 Å². The smallest absolute Gasteiger partial charge is 0.265 e. The van der Waals surface area contributed by atoms with E-state index in [-0.39, 0.29) is 11.7 Å². The van der Waals surface area contributed by atoms with Crippen molar-refractivity contribution in [3.8, 4) is 0 Å². The van der Waals surface area contributed by atoms with Crippen molar-refractivity contribution in [2.75, 3.05) is 5.75 Å². The minimum absolute atomic E-state index is 0.00579. The molecular formula is C8H14O3S. The Labute approximate surface area is 72.9 Å². The summed E-state index contributed by atoms with van der Waals surface area (Å²) in [6, 6.07) is 0. The second-order valence-corrected chi connectivity index (χ2v) is 5.68. The predicted octanol–water partition coefficient (Wildman–Crippen LogP) is 1.31. The van der Waals surface area contributed by atoms with E-state index >= 15 is 0 Å². The van der Waals surface area contributed by atoms with E-state index in [2.05, 4.69) is 0 Å². The summed E-state index contributed by atoms with van der Waals surface area (Å²) < 4.78 is 29.9. The predicted molar refractivity (Wildman–Crippen MR) is 45.4 cm³/mol. The third-order valence-electron chi connectivity index (χ3n) is 3.31. The van der Waals surface area contributed by atoms with Gasteiger partial charge in [-0.3, -0.25) is 4.55 Å². The SMILES string of the molecule is O=S(=O)(O)CC1CC2CCC1C2. The summed E-state index contributed by atoms with van der Waals surface area (Å²) in [6.07, 6.45) is 4.65. The van der Waals surface area contributed by atoms with Gasteiger partial charge in [-0.15, -0.1) is 0 Å². The first kappa shape index (κ1) is 8.51. The fourth-order valence-electron chi connectivity index (χ4n) is 2.85. The fourth-order valence-corrected chi connectivity index (χ4v) is 3.80. The van der Waals surface area contributed by atoms with Gasteiger partial charge in [-0.2, -0.15) is 8.42 Å². The molecular weight excluding hydrogens is 176 g/mol. The van der Waals surface area contributed by atoms with E-state index in [1.807, 2.05) is 0 Å². The fraction of sp³-hybridized carbons (Fsp3) is 1.00. The molecule has 2 rings (SSSR count). The van der Waals surface area contributed by atoms with E-state index in [0.717, 1.165) is 12.3 Å². The molecule has 3 atom stereocenters. The van der Waals surface area contributed by atoms with Gasteiger partial charge in [0, 0.05) is 0 Å². The molecule has 2 aliphatic rings. The zero-order chi connectivity index (χ0) is 8.77. The largest absolute Gasteiger partial charge is 0.286 e. The molecule has 0 saturated heterocycles. The average molecular weight is 190 g/mol. The van der Waals surface area contributed by atoms with Crippen molar-refractivity contribution in [3.05, 3.63) is 0 Å². The first-order chi connectivity index (χ1) is 5.54. The molecule has 0 amide bonds. The Morgan fingerprint density at radius 3 is 2.42 bits per heavy atom. The number of fused-ring (bicyclic) bond motifs is 2. The van der Waals surface area contributed by atoms with Crippen LogP contribution in [0.5, 0.6) is 0 Å². The standard InChI is InChI=1S/C8H14O3S/c9-12(10,11)5-8-4-6-1-2-7(8)3-6/h6-8H,1-5H2,(H,9,10,11). The van der Waals surface area contributed by atoms with Crippen LogP contribution in [0, 0.1) is 17.8 Å². The van der Waals surface area contributed by atoms with Crippen LogP contribution < -0.4 is 0 Å². The van der Waals surface area contributed by atoms with E-state index in [0.29, 0.717) is 5.92 Å². The van der Waals surface area contributed by atoms with Crippen LogP contribution in [-0.2, 0) is 10.1 Å². The Morgan fingerprint density at radius 1 is 1.25 bits per heavy atom. The zero-order valence-electron chi connectivity index (χ0n) is 6.94. The minimum Gasteiger partial charge on any atom is -0.286 e. The highest BCUT2D eigenvalue weighted by Crippen LogP contribution is 2.48. The molecule has 0 heterocycles. The lowest BCUT2D eigenvalue weighted by Crippen LogP contribution is -2.20. The Morgan fingerprint density at radius 2 is 2.00 bits per heavy atom. The zero-order valence-corrected chi connectivity index (χ0v) is 7.76. The molecule has 4 heteroatoms. The molecule has 0 aromatic carbocycles. The molecule has 3 unspecified atom stereocenters. The summed E-state index contributed by atoms with van der Waals surface area (Å²) in [5.41, 5.74) is 0. The highest BCUT2D eigenvalue weighted by atomic mass is 32.2. The van der Waals surface area contributed by atoms with Gasteiger partial charge in [0.05, 0.1) is 5.75 Å². The van der Waals surface area contributed by atoms with Crippen molar-refractivity contribution in [3.63, 3.8) is 0 Å². The van der Waals surface area contributed by atoms with Crippen LogP contribution in [0.2, 0.25) is 0 Å². The summed E-state index contributed by atoms with van der Waals surface area (Å²) in [6.45, 7) is 0. The van der Waals surface area contributed by atoms with E-state index < -0.39 is 10.1 Å². The van der Waals surface area contributed by atoms with Gasteiger partial charge in [0.1, 0.15) is 0 Å². The Kier molecular flexibility index (Phi) is 1.92. The monoisotopic (exact) mass is 190 g/mol. The van der Waals surface area contributed by atoms with E-state index in [1.165, 1.54) is 19.3 Å². The first-order valence-corrected chi connectivity index (χ1v) is 6.10. The average Bonchev–Trinajstić information content (AvgIpc) is 2.42. The highest BCUT2D eigenvalue weighted by Gasteiger charge is 2.40. The Bertz CT molecular complexity index is 270. The van der Waals surface area contributed by atoms with Crippen LogP contribution in [0.1, 0.15) is 25.7 Å². The lowest BCUT2D eigenvalue weighted by molar-refractivity contribution is 0.351. The first-order valence-electron chi connectivity index (χ1n) is 4.50. The van der Waals surface area contributed by atoms with Crippen molar-refractivity contribution < 1.29 is 13.0 Å². The molecule has 12 heavy (non-hydrogen) atoms. The van der Waals surface area contributed by atoms with Gasteiger partial charge < -0.3 is 0 Å². The molecule has 2 bridgehead atoms. The summed E-state index contributed by atoms with van der Waals surface area (Å²) in [5.74, 6) is 1.58. The number of hydrogen-bond acceptors (Lipinski definition) is 2. The third-order valence-corrected chi connectivity index (χ3v) is 4.16. The topological polar surface area (TPSA) is 54.4 Å². The quantitative estimate of drug-likeness (QED) is 0.668. The third kappa shape index (κ3) is 1.64. The van der Waals surface area contributed by atoms with Gasteiger partial charge in [-0.1, -0.05) is 6.42 Å². The molecule has 2 saturated carbocycles. The molecule has 0 aromatic rings. The molecule has 2 fully saturated rings. The number of hydrogen-bond donors (Lipinski definition) is 1. The van der Waals surface area contributed by atoms with Gasteiger partial charge in [0.15, 0.2) is 0 Å². The van der Waals surface area contributed by atoms with E-state index in [9.17, 15) is 8.42 Å². The second kappa shape index (κ2) is 2.70. The second-order valence-electron chi connectivity index (χ2n) is 4.18. The van der Waals surface area contributed by atoms with Crippen molar-refractivity contribution in [1.29, 1.82) is 0 Å². The maximum Gasteiger partial charge on any atom is 0.265 e. The summed E-state index contributed by atoms with van der Waals surface area (Å²) in [4.78, 5) is 0. The molecule has 0 radical (unpaired) electrons. The van der Waals surface area contributed by atoms with Gasteiger partial charge in [0.2, 0.25) is 0 Å². The van der Waals surface area contributed by atoms with E-state index in [4.69, 9.17) is 4.55 Å². The van der Waals surface area contributed by atoms with Gasteiger partial charge in [-0.25, -0.2) is 0 Å². The van der Waals surface area contributed by atoms with Crippen LogP contribution in [0.4, 0.5) is 0 Å². The molecule has 70 valence electrons. The molecule has 1 N–H and O–H groups in total. The molecule has 3 nitrogen and oxygen atoms in total. The molecule has 0 aliphatic heterocycles. The summed E-state index contributed by atoms with van der Waals surface area (Å²) in [7, 11) is -3.73. The summed E-state index contributed by atoms with van der Waals surface area (Å²) >= 11 is 0. The Balaban J connectivity index is 2.00. The van der Waals surface area contributed by atoms with Crippen LogP contribution in [0.15, 0.2) is 0 Å². The lowest BCUT2D eigenvalue weighted by atomic mass is 9.90. The lowest BCUT2D eigenvalue weighted by Gasteiger charge is -2.19. The molecule has 0 spiro atoms. The minimum atomic E-state index is -3.73. The van der Waals surface area contributed by atoms with Gasteiger partial charge in [-0.05, 0) is 37.0 Å². The van der Waals surface area contributed by atoms with Crippen molar-refractivity contribution in [1.82, 2.24) is 0 Å². The van der Waals surface area contributed by atoms with Crippen LogP contribution in [0.3, 0.4) is 0 Å². The van der Waals surface area contributed by atoms with Gasteiger partial charge >= 0.3 is 0 Å². The van der Waals surface area contributed by atoms with Crippen LogP contribution >= 0.6 is 0 Å². The van der Waals surface area contributed by atoms with Gasteiger partial charge in [0.25, 0.3) is 10.1 Å². The maximum atomic E-state index is 10.6. The van der Waals surface area contributed by atoms with Crippen molar-refractivity contribution >= 4 is 10.1 Å². The number of rotatable bonds is 2. The summed E-state index contributed by atoms with van der Waals surface area (Å²) in [5, 5.41) is 0. The Hall–Kier alpha value is -0.0900. The normalized spacial score (nSPS) is 40.6. The van der Waals surface area contributed by atoms with Crippen molar-refractivity contribution in [2.24, 2.45) is 17.8 Å². The van der Waals surface area contributed by atoms with Crippen LogP contribution in [-0.4, -0.2) is 18.7 Å². The highest BCUT2D eigenvalue weighted by molar-refractivity contribution is 7.85. The van der Waals surface area contributed by atoms with Crippen molar-refractivity contribution in [2.45, 2.75) is 25.7 Å². The molecule has 2 aliphatic carbocycles. The van der Waals surface area contributed by atoms with Crippen LogP contribution in [0.25, 0.3) is 0 Å². The maximum absolute atomic E-state index is 10.6. The molecule has 0 aromatic heterocycles.